The third-order valence-electron chi connectivity index (χ3n) is 2.53. The molecule has 0 saturated carbocycles. The second-order valence-corrected chi connectivity index (χ2v) is 4.85. The average Bonchev–Trinajstić information content (AvgIpc) is 2.71. The Balaban J connectivity index is 2.01. The van der Waals surface area contributed by atoms with E-state index in [1.165, 1.54) is 22.6 Å². The number of aryl methyl sites for hydroxylation is 2. The Morgan fingerprint density at radius 2 is 2.18 bits per heavy atom. The monoisotopic (exact) mass is 254 g/mol. The zero-order valence-electron chi connectivity index (χ0n) is 9.62. The van der Waals surface area contributed by atoms with Crippen LogP contribution < -0.4 is 5.32 Å². The number of thiazole rings is 1. The van der Waals surface area contributed by atoms with E-state index in [-0.39, 0.29) is 6.61 Å². The highest BCUT2D eigenvalue weighted by atomic mass is 32.1. The van der Waals surface area contributed by atoms with Crippen molar-refractivity contribution in [2.45, 2.75) is 32.6 Å². The van der Waals surface area contributed by atoms with Gasteiger partial charge >= 0.3 is 11.9 Å². The van der Waals surface area contributed by atoms with E-state index in [0.717, 1.165) is 25.0 Å². The lowest BCUT2D eigenvalue weighted by Crippen LogP contribution is -2.24. The Kier molecular flexibility index (Phi) is 3.73. The van der Waals surface area contributed by atoms with Crippen molar-refractivity contribution in [3.63, 3.8) is 0 Å². The first kappa shape index (κ1) is 12.0. The van der Waals surface area contributed by atoms with E-state index in [4.69, 9.17) is 0 Å². The highest BCUT2D eigenvalue weighted by molar-refractivity contribution is 7.16. The summed E-state index contributed by atoms with van der Waals surface area (Å²) in [7, 11) is 0. The molecule has 0 atom stereocenters. The molecule has 1 aliphatic carbocycles. The van der Waals surface area contributed by atoms with Crippen LogP contribution in [0.1, 0.15) is 30.3 Å². The van der Waals surface area contributed by atoms with Gasteiger partial charge in [-0.05, 0) is 32.6 Å². The fourth-order valence-corrected chi connectivity index (χ4v) is 2.80. The summed E-state index contributed by atoms with van der Waals surface area (Å²) in [5.41, 5.74) is 1.06. The maximum Gasteiger partial charge on any atom is 0.397 e. The van der Waals surface area contributed by atoms with E-state index < -0.39 is 11.9 Å². The van der Waals surface area contributed by atoms with Gasteiger partial charge in [0.2, 0.25) is 0 Å². The number of amides is 1. The summed E-state index contributed by atoms with van der Waals surface area (Å²) in [6.45, 7) is 1.86. The number of nitrogens with one attached hydrogen (secondary N) is 1. The molecule has 0 aromatic carbocycles. The smallest absolute Gasteiger partial charge is 0.397 e. The first-order chi connectivity index (χ1) is 8.20. The third kappa shape index (κ3) is 2.82. The van der Waals surface area contributed by atoms with Gasteiger partial charge in [0.05, 0.1) is 12.3 Å². The number of rotatable bonds is 2. The molecule has 6 heteroatoms. The fourth-order valence-electron chi connectivity index (χ4n) is 1.75. The molecule has 1 amide bonds. The quantitative estimate of drug-likeness (QED) is 0.642. The van der Waals surface area contributed by atoms with Crippen molar-refractivity contribution in [3.8, 4) is 0 Å². The van der Waals surface area contributed by atoms with Gasteiger partial charge in [-0.1, -0.05) is 0 Å². The third-order valence-corrected chi connectivity index (χ3v) is 3.60. The standard InChI is InChI=1S/C11H14N2O3S/c1-2-16-10(15)9(14)13-11-12-7-5-3-4-6-8(7)17-11/h2-6H2,1H3,(H,12,13,14). The van der Waals surface area contributed by atoms with Gasteiger partial charge in [0, 0.05) is 4.88 Å². The number of carbonyl (C=O) groups excluding carboxylic acids is 2. The number of hydrogen-bond donors (Lipinski definition) is 1. The molecule has 0 radical (unpaired) electrons. The van der Waals surface area contributed by atoms with Crippen molar-refractivity contribution in [3.05, 3.63) is 10.6 Å². The van der Waals surface area contributed by atoms with E-state index in [0.29, 0.717) is 5.13 Å². The largest absolute Gasteiger partial charge is 0.459 e. The first-order valence-electron chi connectivity index (χ1n) is 5.67. The summed E-state index contributed by atoms with van der Waals surface area (Å²) in [6.07, 6.45) is 4.28. The molecule has 92 valence electrons. The molecule has 1 N–H and O–H groups in total. The number of ether oxygens (including phenoxy) is 1. The van der Waals surface area contributed by atoms with E-state index >= 15 is 0 Å². The molecule has 0 fully saturated rings. The van der Waals surface area contributed by atoms with Crippen LogP contribution in [0.5, 0.6) is 0 Å². The molecule has 5 nitrogen and oxygen atoms in total. The zero-order valence-corrected chi connectivity index (χ0v) is 10.4. The summed E-state index contributed by atoms with van der Waals surface area (Å²) < 4.78 is 4.60. The van der Waals surface area contributed by atoms with Gasteiger partial charge in [-0.3, -0.25) is 10.1 Å². The van der Waals surface area contributed by atoms with Crippen molar-refractivity contribution in [2.24, 2.45) is 0 Å². The second kappa shape index (κ2) is 5.27. The minimum absolute atomic E-state index is 0.195. The van der Waals surface area contributed by atoms with Crippen LogP contribution >= 0.6 is 11.3 Å². The number of carbonyl (C=O) groups is 2. The number of hydrogen-bond acceptors (Lipinski definition) is 5. The molecule has 2 rings (SSSR count). The minimum Gasteiger partial charge on any atom is -0.459 e. The zero-order chi connectivity index (χ0) is 12.3. The lowest BCUT2D eigenvalue weighted by atomic mass is 10.0. The Bertz CT molecular complexity index is 418. The molecule has 0 aliphatic heterocycles. The lowest BCUT2D eigenvalue weighted by Gasteiger charge is -2.06. The molecular formula is C11H14N2O3S. The maximum absolute atomic E-state index is 11.4. The summed E-state index contributed by atoms with van der Waals surface area (Å²) in [5.74, 6) is -1.61. The average molecular weight is 254 g/mol. The van der Waals surface area contributed by atoms with E-state index in [1.54, 1.807) is 6.92 Å². The van der Waals surface area contributed by atoms with Crippen molar-refractivity contribution in [2.75, 3.05) is 11.9 Å². The molecule has 0 unspecified atom stereocenters. The number of fused-ring (bicyclic) bond motifs is 1. The second-order valence-electron chi connectivity index (χ2n) is 3.77. The molecule has 1 aliphatic rings. The molecule has 1 aromatic heterocycles. The molecule has 0 spiro atoms. The fraction of sp³-hybridized carbons (Fsp3) is 0.545. The number of anilines is 1. The number of aromatic nitrogens is 1. The van der Waals surface area contributed by atoms with Crippen molar-refractivity contribution < 1.29 is 14.3 Å². The summed E-state index contributed by atoms with van der Waals surface area (Å²) in [6, 6.07) is 0. The van der Waals surface area contributed by atoms with E-state index in [9.17, 15) is 9.59 Å². The van der Waals surface area contributed by atoms with Gasteiger partial charge in [0.25, 0.3) is 0 Å². The summed E-state index contributed by atoms with van der Waals surface area (Å²) >= 11 is 1.45. The van der Waals surface area contributed by atoms with Gasteiger partial charge < -0.3 is 4.74 Å². The van der Waals surface area contributed by atoms with Gasteiger partial charge in [-0.15, -0.1) is 11.3 Å². The minimum atomic E-state index is -0.860. The van der Waals surface area contributed by atoms with E-state index in [2.05, 4.69) is 15.0 Å². The molecule has 0 saturated heterocycles. The Morgan fingerprint density at radius 1 is 1.41 bits per heavy atom. The first-order valence-corrected chi connectivity index (χ1v) is 6.49. The predicted octanol–water partition coefficient (Wildman–Crippen LogP) is 1.52. The molecule has 1 aromatic rings. The van der Waals surface area contributed by atoms with Crippen LogP contribution in [0.15, 0.2) is 0 Å². The SMILES string of the molecule is CCOC(=O)C(=O)Nc1nc2c(s1)CCCC2. The van der Waals surface area contributed by atoms with Gasteiger partial charge in [-0.2, -0.15) is 0 Å². The highest BCUT2D eigenvalue weighted by Crippen LogP contribution is 2.29. The van der Waals surface area contributed by atoms with Gasteiger partial charge in [0.1, 0.15) is 0 Å². The van der Waals surface area contributed by atoms with Crippen LogP contribution in [-0.4, -0.2) is 23.5 Å². The van der Waals surface area contributed by atoms with Crippen molar-refractivity contribution >= 4 is 28.3 Å². The molecular weight excluding hydrogens is 240 g/mol. The van der Waals surface area contributed by atoms with Crippen LogP contribution in [0, 0.1) is 0 Å². The Hall–Kier alpha value is -1.43. The van der Waals surface area contributed by atoms with Crippen LogP contribution in [0.2, 0.25) is 0 Å². The molecule has 17 heavy (non-hydrogen) atoms. The maximum atomic E-state index is 11.4. The lowest BCUT2D eigenvalue weighted by molar-refractivity contribution is -0.152. The van der Waals surface area contributed by atoms with Crippen LogP contribution in [-0.2, 0) is 27.2 Å². The number of nitrogens with zero attached hydrogens (tertiary/aromatic N) is 1. The van der Waals surface area contributed by atoms with Crippen LogP contribution in [0.25, 0.3) is 0 Å². The van der Waals surface area contributed by atoms with Crippen molar-refractivity contribution in [1.82, 2.24) is 4.98 Å². The van der Waals surface area contributed by atoms with E-state index in [1.807, 2.05) is 0 Å². The molecule has 0 bridgehead atoms. The normalized spacial score (nSPS) is 13.9. The molecule has 1 heterocycles. The van der Waals surface area contributed by atoms with Gasteiger partial charge in [0.15, 0.2) is 5.13 Å². The van der Waals surface area contributed by atoms with Crippen LogP contribution in [0.3, 0.4) is 0 Å². The Morgan fingerprint density at radius 3 is 2.88 bits per heavy atom. The van der Waals surface area contributed by atoms with Crippen LogP contribution in [0.4, 0.5) is 5.13 Å². The summed E-state index contributed by atoms with van der Waals surface area (Å²) in [4.78, 5) is 28.1. The number of esters is 1. The highest BCUT2D eigenvalue weighted by Gasteiger charge is 2.19. The van der Waals surface area contributed by atoms with Crippen molar-refractivity contribution in [1.29, 1.82) is 0 Å². The topological polar surface area (TPSA) is 68.3 Å². The summed E-state index contributed by atoms with van der Waals surface area (Å²) in [5, 5.41) is 2.97. The Labute approximate surface area is 103 Å². The predicted molar refractivity (Wildman–Crippen MR) is 64.0 cm³/mol. The van der Waals surface area contributed by atoms with Gasteiger partial charge in [-0.25, -0.2) is 9.78 Å².